The highest BCUT2D eigenvalue weighted by atomic mass is 16.7. The van der Waals surface area contributed by atoms with Crippen LogP contribution in [0.3, 0.4) is 0 Å². The smallest absolute Gasteiger partial charge is 0.410 e. The Bertz CT molecular complexity index is 682. The molecule has 3 aliphatic rings. The summed E-state index contributed by atoms with van der Waals surface area (Å²) in [6, 6.07) is 9.16. The molecular formula is C18H19NO5. The van der Waals surface area contributed by atoms with E-state index < -0.39 is 23.8 Å². The molecule has 3 heterocycles. The van der Waals surface area contributed by atoms with Crippen LogP contribution in [0.4, 0.5) is 4.79 Å². The third kappa shape index (κ3) is 2.03. The van der Waals surface area contributed by atoms with E-state index in [4.69, 9.17) is 14.2 Å². The summed E-state index contributed by atoms with van der Waals surface area (Å²) in [6.07, 6.45) is 2.89. The van der Waals surface area contributed by atoms with Crippen LogP contribution in [0.25, 0.3) is 0 Å². The fourth-order valence-electron chi connectivity index (χ4n) is 4.14. The van der Waals surface area contributed by atoms with E-state index in [0.717, 1.165) is 5.56 Å². The number of piperidine rings is 1. The summed E-state index contributed by atoms with van der Waals surface area (Å²) >= 11 is 0. The van der Waals surface area contributed by atoms with Crippen LogP contribution in [-0.4, -0.2) is 55.0 Å². The lowest BCUT2D eigenvalue weighted by atomic mass is 9.72. The molecule has 0 saturated carbocycles. The number of Topliss-reactive ketones (excluding diaryl/α,β-unsaturated/α-hetero) is 1. The highest BCUT2D eigenvalue weighted by Crippen LogP contribution is 2.50. The van der Waals surface area contributed by atoms with Crippen LogP contribution in [0.2, 0.25) is 0 Å². The topological polar surface area (TPSA) is 65.1 Å². The van der Waals surface area contributed by atoms with Crippen molar-refractivity contribution in [2.45, 2.75) is 30.2 Å². The van der Waals surface area contributed by atoms with Gasteiger partial charge in [-0.1, -0.05) is 42.5 Å². The van der Waals surface area contributed by atoms with Gasteiger partial charge in [0.05, 0.1) is 32.3 Å². The minimum Gasteiger partial charge on any atom is -0.453 e. The minimum atomic E-state index is -1.01. The minimum absolute atomic E-state index is 0.0791. The largest absolute Gasteiger partial charge is 0.453 e. The lowest BCUT2D eigenvalue weighted by Crippen LogP contribution is -2.66. The number of ether oxygens (including phenoxy) is 3. The second-order valence-electron chi connectivity index (χ2n) is 6.24. The molecule has 6 heteroatoms. The van der Waals surface area contributed by atoms with Gasteiger partial charge in [0.25, 0.3) is 0 Å². The normalized spacial score (nSPS) is 32.4. The quantitative estimate of drug-likeness (QED) is 0.775. The van der Waals surface area contributed by atoms with Gasteiger partial charge in [0.2, 0.25) is 0 Å². The zero-order valence-electron chi connectivity index (χ0n) is 13.4. The summed E-state index contributed by atoms with van der Waals surface area (Å²) in [5.74, 6) is -0.466. The van der Waals surface area contributed by atoms with Crippen LogP contribution in [0.1, 0.15) is 17.9 Å². The van der Waals surface area contributed by atoms with Gasteiger partial charge in [0, 0.05) is 6.42 Å². The molecule has 1 amide bonds. The zero-order valence-corrected chi connectivity index (χ0v) is 13.4. The summed E-state index contributed by atoms with van der Waals surface area (Å²) in [4.78, 5) is 27.1. The molecule has 3 aliphatic heterocycles. The second kappa shape index (κ2) is 5.72. The van der Waals surface area contributed by atoms with Gasteiger partial charge in [0.15, 0.2) is 6.29 Å². The van der Waals surface area contributed by atoms with Crippen LogP contribution in [0.5, 0.6) is 0 Å². The monoisotopic (exact) mass is 329 g/mol. The number of hydrogen-bond acceptors (Lipinski definition) is 5. The number of carbonyl (C=O) groups is 2. The van der Waals surface area contributed by atoms with Gasteiger partial charge in [0.1, 0.15) is 11.3 Å². The average molecular weight is 329 g/mol. The Labute approximate surface area is 140 Å². The van der Waals surface area contributed by atoms with E-state index in [1.165, 1.54) is 7.11 Å². The molecule has 0 aliphatic carbocycles. The first kappa shape index (κ1) is 15.4. The third-order valence-corrected chi connectivity index (χ3v) is 5.03. The average Bonchev–Trinajstić information content (AvgIpc) is 3.22. The first-order chi connectivity index (χ1) is 11.7. The number of nitrogens with zero attached hydrogens (tertiary/aromatic N) is 1. The third-order valence-electron chi connectivity index (χ3n) is 5.03. The fourth-order valence-corrected chi connectivity index (χ4v) is 4.14. The summed E-state index contributed by atoms with van der Waals surface area (Å²) in [6.45, 7) is 0.880. The number of methoxy groups -OCH3 is 1. The number of carbonyl (C=O) groups excluding carboxylic acids is 2. The SMILES string of the molecule is COC(=O)N1[C@@H]2C=C[C@@]1(C1OCCO1)[C@@H](c1ccccc1)C(=O)C2. The van der Waals surface area contributed by atoms with Crippen molar-refractivity contribution < 1.29 is 23.8 Å². The Kier molecular flexibility index (Phi) is 3.66. The van der Waals surface area contributed by atoms with E-state index in [9.17, 15) is 9.59 Å². The Morgan fingerprint density at radius 2 is 1.96 bits per heavy atom. The predicted molar refractivity (Wildman–Crippen MR) is 84.4 cm³/mol. The maximum absolute atomic E-state index is 12.9. The molecule has 126 valence electrons. The van der Waals surface area contributed by atoms with E-state index in [-0.39, 0.29) is 18.2 Å². The van der Waals surface area contributed by atoms with Crippen molar-refractivity contribution in [3.8, 4) is 0 Å². The molecule has 0 unspecified atom stereocenters. The summed E-state index contributed by atoms with van der Waals surface area (Å²) < 4.78 is 16.5. The van der Waals surface area contributed by atoms with Crippen LogP contribution in [0.15, 0.2) is 42.5 Å². The Balaban J connectivity index is 1.88. The molecule has 6 nitrogen and oxygen atoms in total. The summed E-state index contributed by atoms with van der Waals surface area (Å²) in [5.41, 5.74) is -0.161. The summed E-state index contributed by atoms with van der Waals surface area (Å²) in [5, 5.41) is 0. The number of hydrogen-bond donors (Lipinski definition) is 0. The van der Waals surface area contributed by atoms with Crippen molar-refractivity contribution in [3.63, 3.8) is 0 Å². The van der Waals surface area contributed by atoms with Crippen LogP contribution in [0, 0.1) is 0 Å². The Morgan fingerprint density at radius 1 is 1.25 bits per heavy atom. The standard InChI is InChI=1S/C18H19NO5/c1-22-17(21)19-13-7-8-18(19,16-23-9-10-24-16)15(14(20)11-13)12-5-3-2-4-6-12/h2-8,13,15-16H,9-11H2,1H3/t13-,15+,18+/m1/s1. The molecule has 24 heavy (non-hydrogen) atoms. The molecule has 2 bridgehead atoms. The highest BCUT2D eigenvalue weighted by Gasteiger charge is 2.63. The van der Waals surface area contributed by atoms with Gasteiger partial charge >= 0.3 is 6.09 Å². The molecule has 3 atom stereocenters. The first-order valence-electron chi connectivity index (χ1n) is 8.06. The zero-order chi connectivity index (χ0) is 16.7. The predicted octanol–water partition coefficient (Wildman–Crippen LogP) is 1.86. The van der Waals surface area contributed by atoms with Gasteiger partial charge in [-0.15, -0.1) is 0 Å². The van der Waals surface area contributed by atoms with Crippen LogP contribution in [-0.2, 0) is 19.0 Å². The Hall–Kier alpha value is -2.18. The van der Waals surface area contributed by atoms with Gasteiger partial charge in [-0.25, -0.2) is 4.79 Å². The van der Waals surface area contributed by atoms with E-state index in [2.05, 4.69) is 0 Å². The maximum Gasteiger partial charge on any atom is 0.410 e. The number of ketones is 1. The molecule has 0 aromatic heterocycles. The highest BCUT2D eigenvalue weighted by molar-refractivity contribution is 5.93. The summed E-state index contributed by atoms with van der Waals surface area (Å²) in [7, 11) is 1.35. The van der Waals surface area contributed by atoms with Crippen LogP contribution < -0.4 is 0 Å². The van der Waals surface area contributed by atoms with E-state index in [1.807, 2.05) is 42.5 Å². The van der Waals surface area contributed by atoms with Gasteiger partial charge in [-0.05, 0) is 5.56 Å². The molecule has 0 spiro atoms. The van der Waals surface area contributed by atoms with E-state index in [1.54, 1.807) is 4.90 Å². The molecular weight excluding hydrogens is 310 g/mol. The fraction of sp³-hybridized carbons (Fsp3) is 0.444. The van der Waals surface area contributed by atoms with Crippen molar-refractivity contribution in [3.05, 3.63) is 48.0 Å². The Morgan fingerprint density at radius 3 is 2.62 bits per heavy atom. The molecule has 1 aromatic rings. The molecule has 2 fully saturated rings. The molecule has 4 rings (SSSR count). The van der Waals surface area contributed by atoms with E-state index in [0.29, 0.717) is 13.2 Å². The lowest BCUT2D eigenvalue weighted by molar-refractivity contribution is -0.157. The molecule has 1 aromatic carbocycles. The number of fused-ring (bicyclic) bond motifs is 2. The van der Waals surface area contributed by atoms with Crippen molar-refractivity contribution in [2.24, 2.45) is 0 Å². The van der Waals surface area contributed by atoms with E-state index >= 15 is 0 Å². The van der Waals surface area contributed by atoms with Crippen LogP contribution >= 0.6 is 0 Å². The number of amides is 1. The maximum atomic E-state index is 12.9. The number of benzene rings is 1. The van der Waals surface area contributed by atoms with Gasteiger partial charge < -0.3 is 14.2 Å². The molecule has 2 saturated heterocycles. The second-order valence-corrected chi connectivity index (χ2v) is 6.24. The van der Waals surface area contributed by atoms with Crippen molar-refractivity contribution in [2.75, 3.05) is 20.3 Å². The van der Waals surface area contributed by atoms with Gasteiger partial charge in [-0.3, -0.25) is 9.69 Å². The van der Waals surface area contributed by atoms with Crippen molar-refractivity contribution >= 4 is 11.9 Å². The van der Waals surface area contributed by atoms with Crippen molar-refractivity contribution in [1.29, 1.82) is 0 Å². The molecule has 0 radical (unpaired) electrons. The first-order valence-corrected chi connectivity index (χ1v) is 8.06. The van der Waals surface area contributed by atoms with Crippen molar-refractivity contribution in [1.82, 2.24) is 4.90 Å². The van der Waals surface area contributed by atoms with Gasteiger partial charge in [-0.2, -0.15) is 0 Å². The molecule has 0 N–H and O–H groups in total. The lowest BCUT2D eigenvalue weighted by Gasteiger charge is -2.49. The number of rotatable bonds is 2.